The second-order valence-electron chi connectivity index (χ2n) is 29.5. The molecule has 604 valence electrons. The zero-order valence-corrected chi connectivity index (χ0v) is 66.7. The Labute approximate surface area is 624 Å². The molecule has 1 heterocycles. The van der Waals surface area contributed by atoms with E-state index in [0.29, 0.717) is 51.4 Å². The lowest BCUT2D eigenvalue weighted by atomic mass is 9.95. The van der Waals surface area contributed by atoms with Crippen LogP contribution in [0.2, 0.25) is 0 Å². The minimum Gasteiger partial charge on any atom is -0.480 e. The van der Waals surface area contributed by atoms with Crippen molar-refractivity contribution in [2.24, 2.45) is 0 Å². The highest BCUT2D eigenvalue weighted by atomic mass is 31.2. The first-order valence-corrected chi connectivity index (χ1v) is 43.6. The summed E-state index contributed by atoms with van der Waals surface area (Å²) in [7, 11) is -5.56. The molecule has 103 heavy (non-hydrogen) atoms. The molecule has 1 saturated heterocycles. The second kappa shape index (κ2) is 66.5. The van der Waals surface area contributed by atoms with Crippen LogP contribution in [0.4, 0.5) is 0 Å². The maximum absolute atomic E-state index is 14.8. The maximum Gasteiger partial charge on any atom is 0.470 e. The summed E-state index contributed by atoms with van der Waals surface area (Å²) < 4.78 is 54.9. The van der Waals surface area contributed by atoms with Crippen molar-refractivity contribution in [2.75, 3.05) is 13.2 Å². The van der Waals surface area contributed by atoms with E-state index in [0.717, 1.165) is 225 Å². The zero-order valence-electron chi connectivity index (χ0n) is 65.8. The lowest BCUT2D eigenvalue weighted by Gasteiger charge is -2.45. The molecule has 6 N–H and O–H groups in total. The number of aliphatic carboxylic acids is 1. The number of carbonyl (C=O) groups excluding carboxylic acids is 6. The van der Waals surface area contributed by atoms with Gasteiger partial charge in [-0.25, -0.2) is 9.36 Å². The maximum atomic E-state index is 14.8. The Morgan fingerprint density at radius 3 is 1.01 bits per heavy atom. The van der Waals surface area contributed by atoms with E-state index >= 15 is 0 Å². The first kappa shape index (κ1) is 97.3. The van der Waals surface area contributed by atoms with Gasteiger partial charge in [-0.15, -0.1) is 0 Å². The van der Waals surface area contributed by atoms with Gasteiger partial charge in [0, 0.05) is 19.3 Å². The summed E-state index contributed by atoms with van der Waals surface area (Å²) in [4.78, 5) is 118. The van der Waals surface area contributed by atoms with Gasteiger partial charge in [-0.3, -0.25) is 33.3 Å². The van der Waals surface area contributed by atoms with Crippen LogP contribution in [0.25, 0.3) is 0 Å². The molecular formula is C81H151N2O19P. The lowest BCUT2D eigenvalue weighted by Crippen LogP contribution is -2.66. The quantitative estimate of drug-likeness (QED) is 0.0143. The van der Waals surface area contributed by atoms with Gasteiger partial charge in [-0.2, -0.15) is 0 Å². The number of unbranched alkanes of at least 4 members (excludes halogenated alkanes) is 42. The molecule has 0 bridgehead atoms. The number of esters is 4. The number of aliphatic hydroxyl groups excluding tert-OH is 1. The number of phosphoric acid groups is 1. The zero-order chi connectivity index (χ0) is 75.8. The minimum absolute atomic E-state index is 0.125. The van der Waals surface area contributed by atoms with E-state index < -0.39 is 131 Å². The molecule has 0 aromatic rings. The fourth-order valence-corrected chi connectivity index (χ4v) is 14.1. The third kappa shape index (κ3) is 55.4. The Bertz CT molecular complexity index is 2170. The van der Waals surface area contributed by atoms with E-state index in [4.69, 9.17) is 32.9 Å². The normalized spacial score (nSPS) is 17.3. The number of carboxylic acids is 1. The number of nitrogens with one attached hydrogen (secondary N) is 2. The first-order chi connectivity index (χ1) is 49.8. The fourth-order valence-electron chi connectivity index (χ4n) is 13.5. The monoisotopic (exact) mass is 1490 g/mol. The van der Waals surface area contributed by atoms with Gasteiger partial charge in [0.15, 0.2) is 18.4 Å². The number of carbonyl (C=O) groups is 7. The predicted molar refractivity (Wildman–Crippen MR) is 407 cm³/mol. The third-order valence-corrected chi connectivity index (χ3v) is 20.2. The van der Waals surface area contributed by atoms with Crippen LogP contribution in [0, 0.1) is 0 Å². The van der Waals surface area contributed by atoms with E-state index in [1.807, 2.05) is 0 Å². The van der Waals surface area contributed by atoms with E-state index in [1.165, 1.54) is 44.9 Å². The van der Waals surface area contributed by atoms with Crippen molar-refractivity contribution >= 4 is 49.5 Å². The van der Waals surface area contributed by atoms with Crippen LogP contribution < -0.4 is 10.6 Å². The number of amides is 2. The number of phosphoric ester groups is 1. The highest BCUT2D eigenvalue weighted by molar-refractivity contribution is 7.46. The summed E-state index contributed by atoms with van der Waals surface area (Å²) in [6, 6.07) is -3.60. The summed E-state index contributed by atoms with van der Waals surface area (Å²) in [6.07, 6.45) is 38.1. The molecule has 0 aliphatic carbocycles. The molecule has 9 atom stereocenters. The van der Waals surface area contributed by atoms with Crippen molar-refractivity contribution in [3.8, 4) is 0 Å². The molecule has 1 aliphatic heterocycles. The van der Waals surface area contributed by atoms with Crippen molar-refractivity contribution in [1.82, 2.24) is 10.6 Å². The van der Waals surface area contributed by atoms with Crippen LogP contribution in [0.5, 0.6) is 0 Å². The van der Waals surface area contributed by atoms with Gasteiger partial charge >= 0.3 is 37.7 Å². The topological polar surface area (TPSA) is 306 Å². The molecule has 2 unspecified atom stereocenters. The summed E-state index contributed by atoms with van der Waals surface area (Å²) in [6.45, 7) is 11.1. The molecule has 0 aromatic carbocycles. The van der Waals surface area contributed by atoms with Crippen LogP contribution in [-0.4, -0.2) is 130 Å². The summed E-state index contributed by atoms with van der Waals surface area (Å²) >= 11 is 0. The highest BCUT2D eigenvalue weighted by Crippen LogP contribution is 2.42. The van der Waals surface area contributed by atoms with Crippen LogP contribution in [-0.2, 0) is 71.1 Å². The van der Waals surface area contributed by atoms with Crippen LogP contribution in [0.1, 0.15) is 408 Å². The van der Waals surface area contributed by atoms with Crippen LogP contribution in [0.3, 0.4) is 0 Å². The number of hydrogen-bond donors (Lipinski definition) is 6. The van der Waals surface area contributed by atoms with Crippen molar-refractivity contribution < 1.29 is 91.1 Å². The minimum atomic E-state index is -5.56. The molecule has 1 rings (SSSR count). The van der Waals surface area contributed by atoms with Crippen molar-refractivity contribution in [1.29, 1.82) is 0 Å². The SMILES string of the molecule is CCCCCCCCCCC[C@H](CC(=O)NC1[C@H](OC[C@@H](NC(=O)C[C@@H](CCCCCCCCCCC)OC(=O)CCCCCCCCC)C(=O)O)OC(CO)[C@@H](OP(=O)(O)O)[C@@H]1OC(=O)C[C@@H](CCCCCCCCCCC)OC(=O)CCCCCCCCC)OC(=O)CCCCCCCCC. The van der Waals surface area contributed by atoms with Gasteiger partial charge in [-0.1, -0.05) is 311 Å². The Balaban J connectivity index is 3.85. The molecule has 21 nitrogen and oxygen atoms in total. The van der Waals surface area contributed by atoms with Gasteiger partial charge < -0.3 is 59.1 Å². The summed E-state index contributed by atoms with van der Waals surface area (Å²) in [5, 5.41) is 26.9. The molecule has 0 saturated carbocycles. The molecule has 1 fully saturated rings. The second-order valence-corrected chi connectivity index (χ2v) is 30.7. The molecular weight excluding hydrogens is 1340 g/mol. The van der Waals surface area contributed by atoms with Crippen molar-refractivity contribution in [3.05, 3.63) is 0 Å². The average Bonchev–Trinajstić information content (AvgIpc) is 0.780. The average molecular weight is 1490 g/mol. The van der Waals surface area contributed by atoms with Crippen LogP contribution >= 0.6 is 7.82 Å². The molecule has 0 spiro atoms. The van der Waals surface area contributed by atoms with Gasteiger partial charge in [-0.05, 0) is 57.8 Å². The third-order valence-electron chi connectivity index (χ3n) is 19.7. The van der Waals surface area contributed by atoms with E-state index in [1.54, 1.807) is 0 Å². The Morgan fingerprint density at radius 1 is 0.398 bits per heavy atom. The van der Waals surface area contributed by atoms with E-state index in [-0.39, 0.29) is 32.1 Å². The standard InChI is InChI=1S/C81H151N2O19P/c1-7-13-19-25-31-34-40-43-49-55-66(97-73(87)58-52-46-37-28-22-16-10-4)61-71(85)82-69(80(91)92)65-96-81-77(83-72(86)62-67(56-50-44-41-35-32-26-20-14-8-2)98-74(88)59-53-47-38-29-23-17-11-5)79(78(70(64-84)100-81)102-103(93,94)95)101-76(90)63-68(57-51-45-42-36-33-27-21-15-9-3)99-75(89)60-54-48-39-30-24-18-12-6/h66-70,77-79,81,84H,7-65H2,1-6H3,(H,82,85)(H,83,86)(H,91,92)(H2,93,94,95)/t66-,67-,68-,69-,70?,77?,78-,79-,81-/m1/s1. The summed E-state index contributed by atoms with van der Waals surface area (Å²) in [5.41, 5.74) is 0. The Kier molecular flexibility index (Phi) is 62.8. The van der Waals surface area contributed by atoms with Gasteiger partial charge in [0.2, 0.25) is 11.8 Å². The molecule has 0 aromatic heterocycles. The number of rotatable bonds is 73. The number of carboxylic acid groups (broad SMARTS) is 1. The smallest absolute Gasteiger partial charge is 0.470 e. The van der Waals surface area contributed by atoms with E-state index in [9.17, 15) is 58.1 Å². The van der Waals surface area contributed by atoms with E-state index in [2.05, 4.69) is 52.2 Å². The van der Waals surface area contributed by atoms with Gasteiger partial charge in [0.25, 0.3) is 0 Å². The predicted octanol–water partition coefficient (Wildman–Crippen LogP) is 19.3. The first-order valence-electron chi connectivity index (χ1n) is 42.1. The fraction of sp³-hybridized carbons (Fsp3) is 0.914. The van der Waals surface area contributed by atoms with Crippen molar-refractivity contribution in [3.63, 3.8) is 0 Å². The highest BCUT2D eigenvalue weighted by Gasteiger charge is 2.52. The van der Waals surface area contributed by atoms with Crippen LogP contribution in [0.15, 0.2) is 0 Å². The number of ether oxygens (including phenoxy) is 6. The Morgan fingerprint density at radius 2 is 0.699 bits per heavy atom. The van der Waals surface area contributed by atoms with Gasteiger partial charge in [0.05, 0.1) is 32.5 Å². The molecule has 0 radical (unpaired) electrons. The number of aliphatic hydroxyl groups is 1. The number of hydrogen-bond acceptors (Lipinski definition) is 16. The van der Waals surface area contributed by atoms with Gasteiger partial charge in [0.1, 0.15) is 36.6 Å². The summed E-state index contributed by atoms with van der Waals surface area (Å²) in [5.74, 6) is -5.54. The lowest BCUT2D eigenvalue weighted by molar-refractivity contribution is -0.272. The largest absolute Gasteiger partial charge is 0.480 e. The Hall–Kier alpha value is -3.72. The molecule has 22 heteroatoms. The van der Waals surface area contributed by atoms with Crippen molar-refractivity contribution in [2.45, 2.75) is 463 Å². The molecule has 1 aliphatic rings. The molecule has 2 amide bonds.